The third kappa shape index (κ3) is 6.02. The van der Waals surface area contributed by atoms with E-state index in [1.807, 2.05) is 0 Å². The largest absolute Gasteiger partial charge is 0.401 e. The van der Waals surface area contributed by atoms with Gasteiger partial charge in [-0.3, -0.25) is 9.89 Å². The van der Waals surface area contributed by atoms with Crippen LogP contribution in [-0.2, 0) is 0 Å². The lowest BCUT2D eigenvalue weighted by Crippen LogP contribution is -2.43. The predicted octanol–water partition coefficient (Wildman–Crippen LogP) is 1.95. The van der Waals surface area contributed by atoms with Gasteiger partial charge in [0.25, 0.3) is 0 Å². The van der Waals surface area contributed by atoms with Gasteiger partial charge < -0.3 is 11.1 Å². The normalized spacial score (nSPS) is 25.1. The topological polar surface area (TPSA) is 53.6 Å². The smallest absolute Gasteiger partial charge is 0.370 e. The SMILES string of the molecule is I.NC(=NCC1CCC1)NC1CCN(CC(F)(F)F)C1. The Morgan fingerprint density at radius 2 is 2.00 bits per heavy atom. The van der Waals surface area contributed by atoms with E-state index in [-0.39, 0.29) is 30.0 Å². The minimum Gasteiger partial charge on any atom is -0.370 e. The molecule has 1 saturated heterocycles. The summed E-state index contributed by atoms with van der Waals surface area (Å²) < 4.78 is 36.7. The Bertz CT molecular complexity index is 331. The summed E-state index contributed by atoms with van der Waals surface area (Å²) in [5.41, 5.74) is 5.75. The molecule has 8 heteroatoms. The van der Waals surface area contributed by atoms with Crippen molar-refractivity contribution in [3.8, 4) is 0 Å². The molecule has 1 aliphatic carbocycles. The Morgan fingerprint density at radius 1 is 1.30 bits per heavy atom. The molecule has 2 rings (SSSR count). The van der Waals surface area contributed by atoms with Crippen LogP contribution in [0.2, 0.25) is 0 Å². The van der Waals surface area contributed by atoms with E-state index in [0.717, 1.165) is 6.54 Å². The summed E-state index contributed by atoms with van der Waals surface area (Å²) >= 11 is 0. The van der Waals surface area contributed by atoms with Crippen molar-refractivity contribution in [2.45, 2.75) is 37.9 Å². The van der Waals surface area contributed by atoms with Crippen molar-refractivity contribution in [3.05, 3.63) is 0 Å². The summed E-state index contributed by atoms with van der Waals surface area (Å²) in [4.78, 5) is 5.65. The second kappa shape index (κ2) is 7.67. The van der Waals surface area contributed by atoms with Gasteiger partial charge in [-0.25, -0.2) is 0 Å². The molecule has 0 amide bonds. The molecule has 20 heavy (non-hydrogen) atoms. The fourth-order valence-electron chi connectivity index (χ4n) is 2.51. The van der Waals surface area contributed by atoms with Crippen molar-refractivity contribution in [3.63, 3.8) is 0 Å². The average Bonchev–Trinajstić information content (AvgIpc) is 2.60. The van der Waals surface area contributed by atoms with Gasteiger partial charge in [-0.05, 0) is 25.2 Å². The molecule has 3 N–H and O–H groups in total. The summed E-state index contributed by atoms with van der Waals surface area (Å²) in [6.07, 6.45) is 0.232. The summed E-state index contributed by atoms with van der Waals surface area (Å²) in [7, 11) is 0. The average molecular weight is 406 g/mol. The number of nitrogens with two attached hydrogens (primary N) is 1. The van der Waals surface area contributed by atoms with Crippen molar-refractivity contribution < 1.29 is 13.2 Å². The van der Waals surface area contributed by atoms with Gasteiger partial charge in [0, 0.05) is 25.7 Å². The highest BCUT2D eigenvalue weighted by Gasteiger charge is 2.34. The first-order chi connectivity index (χ1) is 8.92. The van der Waals surface area contributed by atoms with Crippen LogP contribution < -0.4 is 11.1 Å². The van der Waals surface area contributed by atoms with Gasteiger partial charge in [-0.2, -0.15) is 13.2 Å². The van der Waals surface area contributed by atoms with Crippen LogP contribution in [0.25, 0.3) is 0 Å². The molecule has 1 atom stereocenters. The monoisotopic (exact) mass is 406 g/mol. The maximum Gasteiger partial charge on any atom is 0.401 e. The molecule has 0 aromatic rings. The van der Waals surface area contributed by atoms with E-state index in [0.29, 0.717) is 31.4 Å². The van der Waals surface area contributed by atoms with Crippen LogP contribution in [0.5, 0.6) is 0 Å². The Balaban J connectivity index is 0.00000200. The van der Waals surface area contributed by atoms with Gasteiger partial charge in [0.15, 0.2) is 5.96 Å². The van der Waals surface area contributed by atoms with E-state index in [1.165, 1.54) is 24.2 Å². The lowest BCUT2D eigenvalue weighted by atomic mass is 9.86. The highest BCUT2D eigenvalue weighted by atomic mass is 127. The van der Waals surface area contributed by atoms with E-state index in [1.54, 1.807) is 0 Å². The quantitative estimate of drug-likeness (QED) is 0.427. The number of nitrogens with zero attached hydrogens (tertiary/aromatic N) is 2. The maximum atomic E-state index is 12.2. The Morgan fingerprint density at radius 3 is 2.55 bits per heavy atom. The van der Waals surface area contributed by atoms with Crippen molar-refractivity contribution in [2.24, 2.45) is 16.6 Å². The van der Waals surface area contributed by atoms with Crippen molar-refractivity contribution in [1.29, 1.82) is 0 Å². The molecule has 2 fully saturated rings. The van der Waals surface area contributed by atoms with Crippen LogP contribution in [0.1, 0.15) is 25.7 Å². The highest BCUT2D eigenvalue weighted by molar-refractivity contribution is 14.0. The van der Waals surface area contributed by atoms with E-state index in [2.05, 4.69) is 10.3 Å². The molecular weight excluding hydrogens is 384 g/mol. The summed E-state index contributed by atoms with van der Waals surface area (Å²) in [5, 5.41) is 3.02. The lowest BCUT2D eigenvalue weighted by Gasteiger charge is -2.23. The van der Waals surface area contributed by atoms with Gasteiger partial charge in [-0.15, -0.1) is 24.0 Å². The molecule has 0 spiro atoms. The molecule has 4 nitrogen and oxygen atoms in total. The van der Waals surface area contributed by atoms with Gasteiger partial charge in [0.2, 0.25) is 0 Å². The number of guanidine groups is 1. The molecule has 2 aliphatic rings. The van der Waals surface area contributed by atoms with E-state index >= 15 is 0 Å². The highest BCUT2D eigenvalue weighted by Crippen LogP contribution is 2.26. The number of nitrogens with one attached hydrogen (secondary N) is 1. The van der Waals surface area contributed by atoms with Crippen LogP contribution in [0.3, 0.4) is 0 Å². The Kier molecular flexibility index (Phi) is 6.83. The predicted molar refractivity (Wildman–Crippen MR) is 83.3 cm³/mol. The first kappa shape index (κ1) is 17.8. The minimum absolute atomic E-state index is 0. The zero-order chi connectivity index (χ0) is 13.9. The second-order valence-electron chi connectivity index (χ2n) is 5.50. The van der Waals surface area contributed by atoms with Crippen LogP contribution in [0.15, 0.2) is 4.99 Å². The molecule has 1 heterocycles. The summed E-state index contributed by atoms with van der Waals surface area (Å²) in [6, 6.07) is -0.0208. The summed E-state index contributed by atoms with van der Waals surface area (Å²) in [6.45, 7) is 0.717. The first-order valence-corrected chi connectivity index (χ1v) is 6.78. The number of alkyl halides is 3. The van der Waals surface area contributed by atoms with Gasteiger partial charge in [-0.1, -0.05) is 6.42 Å². The minimum atomic E-state index is -4.13. The molecule has 1 aliphatic heterocycles. The standard InChI is InChI=1S/C12H21F3N4.HI/c13-12(14,15)8-19-5-4-10(7-19)18-11(16)17-6-9-2-1-3-9;/h9-10H,1-8H2,(H3,16,17,18);1H. The van der Waals surface area contributed by atoms with Crippen LogP contribution in [-0.4, -0.2) is 49.3 Å². The summed E-state index contributed by atoms with van der Waals surface area (Å²) in [5.74, 6) is 1.01. The fraction of sp³-hybridized carbons (Fsp3) is 0.917. The molecule has 1 unspecified atom stereocenters. The fourth-order valence-corrected chi connectivity index (χ4v) is 2.51. The van der Waals surface area contributed by atoms with Crippen molar-refractivity contribution >= 4 is 29.9 Å². The number of aliphatic imine (C=N–C) groups is 1. The number of rotatable bonds is 4. The van der Waals surface area contributed by atoms with Gasteiger partial charge >= 0.3 is 6.18 Å². The zero-order valence-electron chi connectivity index (χ0n) is 11.3. The first-order valence-electron chi connectivity index (χ1n) is 6.78. The number of hydrogen-bond donors (Lipinski definition) is 2. The molecule has 118 valence electrons. The van der Waals surface area contributed by atoms with Gasteiger partial charge in [0.1, 0.15) is 0 Å². The Hall–Kier alpha value is -0.250. The molecular formula is C12H22F3IN4. The zero-order valence-corrected chi connectivity index (χ0v) is 13.7. The van der Waals surface area contributed by atoms with Crippen LogP contribution in [0.4, 0.5) is 13.2 Å². The maximum absolute atomic E-state index is 12.2. The molecule has 0 aromatic heterocycles. The molecule has 1 saturated carbocycles. The molecule has 0 radical (unpaired) electrons. The van der Waals surface area contributed by atoms with Crippen molar-refractivity contribution in [2.75, 3.05) is 26.2 Å². The third-order valence-corrected chi connectivity index (χ3v) is 3.77. The third-order valence-electron chi connectivity index (χ3n) is 3.77. The van der Waals surface area contributed by atoms with E-state index < -0.39 is 12.7 Å². The second-order valence-corrected chi connectivity index (χ2v) is 5.50. The van der Waals surface area contributed by atoms with Gasteiger partial charge in [0.05, 0.1) is 6.54 Å². The lowest BCUT2D eigenvalue weighted by molar-refractivity contribution is -0.143. The van der Waals surface area contributed by atoms with Crippen LogP contribution >= 0.6 is 24.0 Å². The van der Waals surface area contributed by atoms with Crippen molar-refractivity contribution in [1.82, 2.24) is 10.2 Å². The number of hydrogen-bond acceptors (Lipinski definition) is 2. The molecule has 0 aromatic carbocycles. The van der Waals surface area contributed by atoms with E-state index in [9.17, 15) is 13.2 Å². The molecule has 0 bridgehead atoms. The Labute approximate surface area is 134 Å². The van der Waals surface area contributed by atoms with Crippen LogP contribution in [0, 0.1) is 5.92 Å². The number of likely N-dealkylation sites (tertiary alicyclic amines) is 1. The number of halogens is 4. The van der Waals surface area contributed by atoms with E-state index in [4.69, 9.17) is 5.73 Å².